The number of hydrogen-bond acceptors (Lipinski definition) is 3. The van der Waals surface area contributed by atoms with Gasteiger partial charge < -0.3 is 14.9 Å². The number of halogens is 1. The van der Waals surface area contributed by atoms with Crippen molar-refractivity contribution in [1.29, 1.82) is 0 Å². The Labute approximate surface area is 197 Å². The summed E-state index contributed by atoms with van der Waals surface area (Å²) in [6, 6.07) is 19.5. The van der Waals surface area contributed by atoms with Gasteiger partial charge in [0.05, 0.1) is 0 Å². The SMILES string of the molecule is Cc1ccc(C(=O)N2Cc3ccccc3CC2C(=O)N(CC(=O)O)Cc2ccc(F)cc2)cc1. The highest BCUT2D eigenvalue weighted by molar-refractivity contribution is 5.98. The molecule has 2 amide bonds. The second kappa shape index (κ2) is 9.87. The Bertz CT molecular complexity index is 1210. The van der Waals surface area contributed by atoms with Gasteiger partial charge in [-0.25, -0.2) is 4.39 Å². The number of benzene rings is 3. The lowest BCUT2D eigenvalue weighted by atomic mass is 9.92. The van der Waals surface area contributed by atoms with Crippen LogP contribution in [0.3, 0.4) is 0 Å². The van der Waals surface area contributed by atoms with Crippen molar-refractivity contribution in [2.24, 2.45) is 0 Å². The highest BCUT2D eigenvalue weighted by Gasteiger charge is 2.37. The van der Waals surface area contributed by atoms with Crippen LogP contribution in [0.4, 0.5) is 4.39 Å². The Morgan fingerprint density at radius 2 is 1.62 bits per heavy atom. The van der Waals surface area contributed by atoms with Gasteiger partial charge in [0.25, 0.3) is 5.91 Å². The first-order valence-corrected chi connectivity index (χ1v) is 11.0. The molecular formula is C27H25FN2O4. The number of aryl methyl sites for hydroxylation is 1. The Morgan fingerprint density at radius 3 is 2.26 bits per heavy atom. The highest BCUT2D eigenvalue weighted by atomic mass is 19.1. The van der Waals surface area contributed by atoms with E-state index in [1.54, 1.807) is 12.1 Å². The van der Waals surface area contributed by atoms with Crippen LogP contribution in [-0.4, -0.2) is 45.3 Å². The van der Waals surface area contributed by atoms with Crippen molar-refractivity contribution in [2.45, 2.75) is 32.5 Å². The zero-order valence-electron chi connectivity index (χ0n) is 18.8. The number of amides is 2. The first-order chi connectivity index (χ1) is 16.3. The zero-order chi connectivity index (χ0) is 24.2. The zero-order valence-corrected chi connectivity index (χ0v) is 18.8. The molecule has 6 nitrogen and oxygen atoms in total. The van der Waals surface area contributed by atoms with Crippen LogP contribution in [0, 0.1) is 12.7 Å². The van der Waals surface area contributed by atoms with Crippen LogP contribution in [0.2, 0.25) is 0 Å². The molecule has 7 heteroatoms. The van der Waals surface area contributed by atoms with Crippen molar-refractivity contribution in [1.82, 2.24) is 9.80 Å². The molecule has 0 aliphatic carbocycles. The topological polar surface area (TPSA) is 77.9 Å². The Hall–Kier alpha value is -4.00. The summed E-state index contributed by atoms with van der Waals surface area (Å²) in [5.41, 5.74) is 3.98. The van der Waals surface area contributed by atoms with E-state index in [9.17, 15) is 23.9 Å². The molecule has 0 bridgehead atoms. The van der Waals surface area contributed by atoms with E-state index < -0.39 is 30.3 Å². The molecular weight excluding hydrogens is 435 g/mol. The van der Waals surface area contributed by atoms with Gasteiger partial charge in [0.1, 0.15) is 18.4 Å². The Morgan fingerprint density at radius 1 is 0.971 bits per heavy atom. The van der Waals surface area contributed by atoms with Crippen molar-refractivity contribution in [3.8, 4) is 0 Å². The van der Waals surface area contributed by atoms with E-state index in [2.05, 4.69) is 0 Å². The number of carbonyl (C=O) groups excluding carboxylic acids is 2. The maximum Gasteiger partial charge on any atom is 0.323 e. The predicted molar refractivity (Wildman–Crippen MR) is 124 cm³/mol. The molecule has 1 N–H and O–H groups in total. The summed E-state index contributed by atoms with van der Waals surface area (Å²) in [4.78, 5) is 41.5. The van der Waals surface area contributed by atoms with Crippen LogP contribution >= 0.6 is 0 Å². The molecule has 1 unspecified atom stereocenters. The van der Waals surface area contributed by atoms with Crippen molar-refractivity contribution in [2.75, 3.05) is 6.54 Å². The standard InChI is InChI=1S/C27H25FN2O4/c1-18-6-10-20(11-7-18)26(33)30-16-22-5-3-2-4-21(22)14-24(30)27(34)29(17-25(31)32)15-19-8-12-23(28)13-9-19/h2-13,24H,14-17H2,1H3,(H,31,32). The number of aliphatic carboxylic acids is 1. The van der Waals surface area contributed by atoms with Crippen molar-refractivity contribution < 1.29 is 23.9 Å². The number of hydrogen-bond donors (Lipinski definition) is 1. The second-order valence-electron chi connectivity index (χ2n) is 8.50. The van der Waals surface area contributed by atoms with Gasteiger partial charge in [-0.1, -0.05) is 54.1 Å². The number of carboxylic acid groups (broad SMARTS) is 1. The van der Waals surface area contributed by atoms with Gasteiger partial charge in [0.15, 0.2) is 0 Å². The van der Waals surface area contributed by atoms with E-state index in [1.807, 2.05) is 43.3 Å². The molecule has 1 heterocycles. The smallest absolute Gasteiger partial charge is 0.323 e. The fourth-order valence-corrected chi connectivity index (χ4v) is 4.21. The molecule has 34 heavy (non-hydrogen) atoms. The van der Waals surface area contributed by atoms with Crippen LogP contribution < -0.4 is 0 Å². The van der Waals surface area contributed by atoms with Crippen LogP contribution in [0.1, 0.15) is 32.6 Å². The normalized spacial score (nSPS) is 14.9. The molecule has 0 radical (unpaired) electrons. The van der Waals surface area contributed by atoms with Crippen molar-refractivity contribution in [3.63, 3.8) is 0 Å². The number of rotatable bonds is 6. The number of carboxylic acids is 1. The molecule has 0 saturated carbocycles. The van der Waals surface area contributed by atoms with Crippen LogP contribution in [0.15, 0.2) is 72.8 Å². The molecule has 1 aliphatic heterocycles. The molecule has 0 fully saturated rings. The molecule has 0 spiro atoms. The Kier molecular flexibility index (Phi) is 6.72. The lowest BCUT2D eigenvalue weighted by molar-refractivity contribution is -0.147. The average molecular weight is 461 g/mol. The van der Waals surface area contributed by atoms with E-state index in [-0.39, 0.29) is 25.4 Å². The quantitative estimate of drug-likeness (QED) is 0.607. The fourth-order valence-electron chi connectivity index (χ4n) is 4.21. The largest absolute Gasteiger partial charge is 0.480 e. The van der Waals surface area contributed by atoms with Crippen LogP contribution in [0.5, 0.6) is 0 Å². The first-order valence-electron chi connectivity index (χ1n) is 11.0. The fraction of sp³-hybridized carbons (Fsp3) is 0.222. The van der Waals surface area contributed by atoms with Gasteiger partial charge in [0, 0.05) is 25.1 Å². The molecule has 174 valence electrons. The molecule has 0 aromatic heterocycles. The molecule has 4 rings (SSSR count). The van der Waals surface area contributed by atoms with Crippen molar-refractivity contribution in [3.05, 3.63) is 106 Å². The molecule has 1 aliphatic rings. The van der Waals surface area contributed by atoms with Gasteiger partial charge in [-0.3, -0.25) is 14.4 Å². The monoisotopic (exact) mass is 460 g/mol. The van der Waals surface area contributed by atoms with E-state index in [0.717, 1.165) is 16.7 Å². The van der Waals surface area contributed by atoms with Gasteiger partial charge in [-0.2, -0.15) is 0 Å². The first kappa shape index (κ1) is 23.2. The minimum Gasteiger partial charge on any atom is -0.480 e. The molecule has 0 saturated heterocycles. The van der Waals surface area contributed by atoms with Gasteiger partial charge in [0.2, 0.25) is 5.91 Å². The lowest BCUT2D eigenvalue weighted by Crippen LogP contribution is -2.54. The van der Waals surface area contributed by atoms with Gasteiger partial charge in [-0.05, 0) is 47.9 Å². The summed E-state index contributed by atoms with van der Waals surface area (Å²) in [5, 5.41) is 9.46. The van der Waals surface area contributed by atoms with Gasteiger partial charge >= 0.3 is 5.97 Å². The third kappa shape index (κ3) is 5.14. The summed E-state index contributed by atoms with van der Waals surface area (Å²) in [7, 11) is 0. The summed E-state index contributed by atoms with van der Waals surface area (Å²) in [6.07, 6.45) is 0.284. The number of carbonyl (C=O) groups is 3. The highest BCUT2D eigenvalue weighted by Crippen LogP contribution is 2.27. The Balaban J connectivity index is 1.67. The summed E-state index contributed by atoms with van der Waals surface area (Å²) >= 11 is 0. The lowest BCUT2D eigenvalue weighted by Gasteiger charge is -2.38. The maximum atomic E-state index is 13.7. The summed E-state index contributed by atoms with van der Waals surface area (Å²) in [5.74, 6) is -2.33. The average Bonchev–Trinajstić information content (AvgIpc) is 2.83. The predicted octanol–water partition coefficient (Wildman–Crippen LogP) is 3.81. The molecule has 3 aromatic carbocycles. The molecule has 1 atom stereocenters. The second-order valence-corrected chi connectivity index (χ2v) is 8.50. The summed E-state index contributed by atoms with van der Waals surface area (Å²) < 4.78 is 13.3. The van der Waals surface area contributed by atoms with Crippen LogP contribution in [0.25, 0.3) is 0 Å². The summed E-state index contributed by atoms with van der Waals surface area (Å²) in [6.45, 7) is 1.64. The van der Waals surface area contributed by atoms with E-state index >= 15 is 0 Å². The van der Waals surface area contributed by atoms with E-state index in [0.29, 0.717) is 11.1 Å². The van der Waals surface area contributed by atoms with Crippen LogP contribution in [-0.2, 0) is 29.1 Å². The van der Waals surface area contributed by atoms with E-state index in [4.69, 9.17) is 0 Å². The van der Waals surface area contributed by atoms with E-state index in [1.165, 1.54) is 34.1 Å². The number of fused-ring (bicyclic) bond motifs is 1. The minimum absolute atomic E-state index is 0.00385. The maximum absolute atomic E-state index is 13.7. The third-order valence-corrected chi connectivity index (χ3v) is 6.02. The third-order valence-electron chi connectivity index (χ3n) is 6.02. The van der Waals surface area contributed by atoms with Gasteiger partial charge in [-0.15, -0.1) is 0 Å². The molecule has 3 aromatic rings. The minimum atomic E-state index is -1.16. The van der Waals surface area contributed by atoms with Crippen molar-refractivity contribution >= 4 is 17.8 Å². The number of nitrogens with zero attached hydrogens (tertiary/aromatic N) is 2.